The number of nitrogens with one attached hydrogen (secondary N) is 2. The lowest BCUT2D eigenvalue weighted by Gasteiger charge is -2.05. The average molecular weight is 286 g/mol. The highest BCUT2D eigenvalue weighted by atomic mass is 32.1. The van der Waals surface area contributed by atoms with Gasteiger partial charge in [-0.25, -0.2) is 0 Å². The fourth-order valence-electron chi connectivity index (χ4n) is 1.62. The highest BCUT2D eigenvalue weighted by Crippen LogP contribution is 2.04. The van der Waals surface area contributed by atoms with E-state index >= 15 is 0 Å². The van der Waals surface area contributed by atoms with E-state index in [1.54, 1.807) is 6.92 Å². The van der Waals surface area contributed by atoms with Gasteiger partial charge in [-0.05, 0) is 25.6 Å². The molecule has 0 aliphatic rings. The first kappa shape index (κ1) is 17.8. The van der Waals surface area contributed by atoms with Crippen LogP contribution in [-0.2, 0) is 4.79 Å². The molecule has 0 aliphatic carbocycles. The van der Waals surface area contributed by atoms with Crippen LogP contribution in [0, 0.1) is 0 Å². The van der Waals surface area contributed by atoms with E-state index in [0.29, 0.717) is 5.71 Å². The summed E-state index contributed by atoms with van der Waals surface area (Å²) < 4.78 is 0. The standard InChI is InChI=1S/C13H26N4OS/c1-3-4-5-6-7-8-9-15-12(18)10-11(2)16-17-13(14)19/h3-10H2,1-2H3,(H,15,18)(H3,14,17,19). The molecule has 0 radical (unpaired) electrons. The van der Waals surface area contributed by atoms with E-state index in [1.165, 1.54) is 32.1 Å². The maximum atomic E-state index is 11.5. The fraction of sp³-hybridized carbons (Fsp3) is 0.769. The van der Waals surface area contributed by atoms with Crippen LogP contribution in [0.2, 0.25) is 0 Å². The van der Waals surface area contributed by atoms with Gasteiger partial charge in [0.15, 0.2) is 5.11 Å². The van der Waals surface area contributed by atoms with Crippen LogP contribution in [0.15, 0.2) is 5.10 Å². The van der Waals surface area contributed by atoms with Crippen LogP contribution in [0.4, 0.5) is 0 Å². The van der Waals surface area contributed by atoms with Crippen LogP contribution in [-0.4, -0.2) is 23.3 Å². The van der Waals surface area contributed by atoms with Crippen molar-refractivity contribution in [3.63, 3.8) is 0 Å². The van der Waals surface area contributed by atoms with Gasteiger partial charge >= 0.3 is 0 Å². The number of carbonyl (C=O) groups excluding carboxylic acids is 1. The highest BCUT2D eigenvalue weighted by molar-refractivity contribution is 7.80. The lowest BCUT2D eigenvalue weighted by molar-refractivity contribution is -0.119. The molecule has 5 nitrogen and oxygen atoms in total. The van der Waals surface area contributed by atoms with E-state index in [0.717, 1.165) is 13.0 Å². The largest absolute Gasteiger partial charge is 0.375 e. The Labute approximate surface area is 121 Å². The summed E-state index contributed by atoms with van der Waals surface area (Å²) in [5.41, 5.74) is 8.36. The average Bonchev–Trinajstić information content (AvgIpc) is 2.35. The molecule has 0 heterocycles. The van der Waals surface area contributed by atoms with Crippen molar-refractivity contribution in [2.75, 3.05) is 6.54 Å². The predicted molar refractivity (Wildman–Crippen MR) is 84.0 cm³/mol. The Bertz CT molecular complexity index is 305. The monoisotopic (exact) mass is 286 g/mol. The predicted octanol–water partition coefficient (Wildman–Crippen LogP) is 2.06. The van der Waals surface area contributed by atoms with Gasteiger partial charge in [-0.1, -0.05) is 39.0 Å². The van der Waals surface area contributed by atoms with Crippen molar-refractivity contribution in [2.24, 2.45) is 10.8 Å². The molecule has 0 unspecified atom stereocenters. The number of nitrogens with two attached hydrogens (primary N) is 1. The van der Waals surface area contributed by atoms with Crippen molar-refractivity contribution >= 4 is 28.9 Å². The van der Waals surface area contributed by atoms with Crippen LogP contribution >= 0.6 is 12.2 Å². The van der Waals surface area contributed by atoms with Crippen molar-refractivity contribution in [1.82, 2.24) is 10.7 Å². The van der Waals surface area contributed by atoms with E-state index < -0.39 is 0 Å². The minimum absolute atomic E-state index is 0.0143. The molecule has 0 bridgehead atoms. The Hall–Kier alpha value is -1.17. The highest BCUT2D eigenvalue weighted by Gasteiger charge is 2.02. The smallest absolute Gasteiger partial charge is 0.225 e. The van der Waals surface area contributed by atoms with E-state index in [1.807, 2.05) is 0 Å². The zero-order valence-corrected chi connectivity index (χ0v) is 12.8. The van der Waals surface area contributed by atoms with Gasteiger partial charge in [0.1, 0.15) is 0 Å². The first-order chi connectivity index (χ1) is 9.06. The van der Waals surface area contributed by atoms with Crippen LogP contribution in [0.1, 0.15) is 58.8 Å². The molecular formula is C13H26N4OS. The molecule has 0 aromatic rings. The minimum Gasteiger partial charge on any atom is -0.375 e. The molecule has 1 amide bonds. The van der Waals surface area contributed by atoms with E-state index in [2.05, 4.69) is 35.0 Å². The summed E-state index contributed by atoms with van der Waals surface area (Å²) in [5, 5.41) is 6.87. The second-order valence-electron chi connectivity index (χ2n) is 4.62. The third-order valence-corrected chi connectivity index (χ3v) is 2.72. The van der Waals surface area contributed by atoms with E-state index in [4.69, 9.17) is 5.73 Å². The Balaban J connectivity index is 3.53. The first-order valence-corrected chi connectivity index (χ1v) is 7.32. The molecule has 6 heteroatoms. The molecule has 0 atom stereocenters. The molecule has 110 valence electrons. The Morgan fingerprint density at radius 1 is 1.21 bits per heavy atom. The summed E-state index contributed by atoms with van der Waals surface area (Å²) >= 11 is 4.62. The summed E-state index contributed by atoms with van der Waals surface area (Å²) in [5.74, 6) is -0.0143. The van der Waals surface area contributed by atoms with Gasteiger partial charge in [0.05, 0.1) is 6.42 Å². The molecule has 0 aromatic heterocycles. The van der Waals surface area contributed by atoms with Crippen molar-refractivity contribution in [3.8, 4) is 0 Å². The molecule has 0 aliphatic heterocycles. The number of hydrogen-bond donors (Lipinski definition) is 3. The summed E-state index contributed by atoms with van der Waals surface area (Å²) in [6.45, 7) is 4.70. The van der Waals surface area contributed by atoms with Crippen LogP contribution in [0.5, 0.6) is 0 Å². The SMILES string of the molecule is CCCCCCCCNC(=O)CC(C)=NNC(N)=S. The molecule has 0 fully saturated rings. The number of thiocarbonyl (C=S) groups is 1. The molecular weight excluding hydrogens is 260 g/mol. The Morgan fingerprint density at radius 3 is 2.47 bits per heavy atom. The molecule has 0 aromatic carbocycles. The first-order valence-electron chi connectivity index (χ1n) is 6.91. The lowest BCUT2D eigenvalue weighted by Crippen LogP contribution is -2.28. The maximum Gasteiger partial charge on any atom is 0.225 e. The quantitative estimate of drug-likeness (QED) is 0.248. The second kappa shape index (κ2) is 11.9. The fourth-order valence-corrected chi connectivity index (χ4v) is 1.66. The number of carbonyl (C=O) groups is 1. The third-order valence-electron chi connectivity index (χ3n) is 2.63. The summed E-state index contributed by atoms with van der Waals surface area (Å²) in [7, 11) is 0. The molecule has 0 rings (SSSR count). The lowest BCUT2D eigenvalue weighted by atomic mass is 10.1. The van der Waals surface area contributed by atoms with E-state index in [9.17, 15) is 4.79 Å². The van der Waals surface area contributed by atoms with Crippen LogP contribution in [0.3, 0.4) is 0 Å². The molecule has 0 spiro atoms. The molecule has 0 saturated carbocycles. The van der Waals surface area contributed by atoms with Crippen LogP contribution < -0.4 is 16.5 Å². The number of unbranched alkanes of at least 4 members (excludes halogenated alkanes) is 5. The number of amides is 1. The maximum absolute atomic E-state index is 11.5. The summed E-state index contributed by atoms with van der Waals surface area (Å²) in [4.78, 5) is 11.5. The Morgan fingerprint density at radius 2 is 1.84 bits per heavy atom. The van der Waals surface area contributed by atoms with Gasteiger partial charge in [-0.2, -0.15) is 5.10 Å². The Kier molecular flexibility index (Phi) is 11.2. The zero-order chi connectivity index (χ0) is 14.5. The van der Waals surface area contributed by atoms with Crippen LogP contribution in [0.25, 0.3) is 0 Å². The van der Waals surface area contributed by atoms with Crippen molar-refractivity contribution < 1.29 is 4.79 Å². The van der Waals surface area contributed by atoms with Gasteiger partial charge in [0.25, 0.3) is 0 Å². The third kappa shape index (κ3) is 13.1. The second-order valence-corrected chi connectivity index (χ2v) is 5.06. The van der Waals surface area contributed by atoms with Gasteiger partial charge in [0, 0.05) is 12.3 Å². The number of nitrogens with zero attached hydrogens (tertiary/aromatic N) is 1. The summed E-state index contributed by atoms with van der Waals surface area (Å²) in [6, 6.07) is 0. The van der Waals surface area contributed by atoms with Gasteiger partial charge < -0.3 is 11.1 Å². The van der Waals surface area contributed by atoms with Crippen molar-refractivity contribution in [3.05, 3.63) is 0 Å². The van der Waals surface area contributed by atoms with Crippen molar-refractivity contribution in [2.45, 2.75) is 58.8 Å². The summed E-state index contributed by atoms with van der Waals surface area (Å²) in [6.07, 6.45) is 7.59. The molecule has 19 heavy (non-hydrogen) atoms. The van der Waals surface area contributed by atoms with E-state index in [-0.39, 0.29) is 17.4 Å². The topological polar surface area (TPSA) is 79.5 Å². The van der Waals surface area contributed by atoms with Crippen molar-refractivity contribution in [1.29, 1.82) is 0 Å². The van der Waals surface area contributed by atoms with Gasteiger partial charge in [0.2, 0.25) is 5.91 Å². The molecule has 0 saturated heterocycles. The number of hydrogen-bond acceptors (Lipinski definition) is 3. The number of rotatable bonds is 10. The minimum atomic E-state index is -0.0143. The zero-order valence-electron chi connectivity index (χ0n) is 12.0. The normalized spacial score (nSPS) is 11.2. The van der Waals surface area contributed by atoms with Gasteiger partial charge in [-0.3, -0.25) is 10.2 Å². The number of hydrazone groups is 1. The van der Waals surface area contributed by atoms with Gasteiger partial charge in [-0.15, -0.1) is 0 Å². The molecule has 4 N–H and O–H groups in total.